The number of aromatic hydroxyl groups is 1. The average Bonchev–Trinajstić information content (AvgIpc) is 3.51. The number of methoxy groups -OCH3 is 1. The molecule has 0 saturated carbocycles. The van der Waals surface area contributed by atoms with E-state index in [0.717, 1.165) is 48.6 Å². The lowest BCUT2D eigenvalue weighted by Gasteiger charge is -2.31. The summed E-state index contributed by atoms with van der Waals surface area (Å²) in [5, 5.41) is 9.67. The van der Waals surface area contributed by atoms with Gasteiger partial charge in [0.05, 0.1) is 43.8 Å². The number of nitrogens with zero attached hydrogens (tertiary/aromatic N) is 5. The van der Waals surface area contributed by atoms with Crippen molar-refractivity contribution in [1.29, 1.82) is 0 Å². The molecule has 0 unspecified atom stereocenters. The Balaban J connectivity index is 0.000000172. The van der Waals surface area contributed by atoms with E-state index < -0.39 is 0 Å². The van der Waals surface area contributed by atoms with Crippen LogP contribution in [0.1, 0.15) is 28.9 Å². The van der Waals surface area contributed by atoms with E-state index in [-0.39, 0.29) is 11.7 Å². The van der Waals surface area contributed by atoms with Crippen molar-refractivity contribution in [2.24, 2.45) is 7.05 Å². The Morgan fingerprint density at radius 2 is 1.94 bits per heavy atom. The van der Waals surface area contributed by atoms with Crippen molar-refractivity contribution in [3.05, 3.63) is 54.2 Å². The molecule has 0 aliphatic carbocycles. The van der Waals surface area contributed by atoms with Crippen LogP contribution >= 0.6 is 0 Å². The number of likely N-dealkylation sites (tertiary alicyclic amines) is 1. The second kappa shape index (κ2) is 9.81. The van der Waals surface area contributed by atoms with E-state index in [2.05, 4.69) is 14.9 Å². The lowest BCUT2D eigenvalue weighted by Crippen LogP contribution is -2.29. The van der Waals surface area contributed by atoms with Crippen LogP contribution in [0, 0.1) is 6.92 Å². The first kappa shape index (κ1) is 22.4. The minimum atomic E-state index is 0.109. The van der Waals surface area contributed by atoms with Crippen molar-refractivity contribution >= 4 is 17.3 Å². The molecular formula is C24H29N5O4. The molecule has 1 aromatic carbocycles. The molecule has 2 aromatic heterocycles. The number of pyridine rings is 1. The summed E-state index contributed by atoms with van der Waals surface area (Å²) in [5.41, 5.74) is 3.46. The first-order valence-corrected chi connectivity index (χ1v) is 11.0. The zero-order valence-electron chi connectivity index (χ0n) is 19.2. The highest BCUT2D eigenvalue weighted by molar-refractivity contribution is 5.92. The summed E-state index contributed by atoms with van der Waals surface area (Å²) in [5.74, 6) is 1.72. The van der Waals surface area contributed by atoms with Crippen molar-refractivity contribution in [2.45, 2.75) is 19.8 Å². The molecule has 1 fully saturated rings. The number of hydrogen-bond acceptors (Lipinski definition) is 7. The lowest BCUT2D eigenvalue weighted by molar-refractivity contribution is 0.0783. The molecule has 0 atom stereocenters. The number of carbonyl (C=O) groups is 1. The number of phenols is 1. The molecule has 1 N–H and O–H groups in total. The Morgan fingerprint density at radius 1 is 1.15 bits per heavy atom. The monoisotopic (exact) mass is 451 g/mol. The van der Waals surface area contributed by atoms with Crippen LogP contribution in [-0.2, 0) is 7.05 Å². The van der Waals surface area contributed by atoms with E-state index in [4.69, 9.17) is 9.47 Å². The highest BCUT2D eigenvalue weighted by Crippen LogP contribution is 2.39. The van der Waals surface area contributed by atoms with Crippen molar-refractivity contribution in [1.82, 2.24) is 19.4 Å². The SMILES string of the molecule is COc1ncc(N2CCOc3ccc(O)cc32)cc1C.Cn1cncc1C(=O)N1CCCC1. The number of hydrogen-bond donors (Lipinski definition) is 1. The third-order valence-corrected chi connectivity index (χ3v) is 5.76. The van der Waals surface area contributed by atoms with Gasteiger partial charge in [-0.05, 0) is 38.0 Å². The van der Waals surface area contributed by atoms with Gasteiger partial charge in [0.2, 0.25) is 5.88 Å². The molecule has 9 heteroatoms. The van der Waals surface area contributed by atoms with Crippen LogP contribution in [0.3, 0.4) is 0 Å². The van der Waals surface area contributed by atoms with Gasteiger partial charge in [-0.1, -0.05) is 0 Å². The summed E-state index contributed by atoms with van der Waals surface area (Å²) in [6.07, 6.45) is 7.31. The number of imidazole rings is 1. The van der Waals surface area contributed by atoms with Gasteiger partial charge in [0, 0.05) is 31.8 Å². The normalized spacial score (nSPS) is 14.8. The number of fused-ring (bicyclic) bond motifs is 1. The number of benzene rings is 1. The zero-order chi connectivity index (χ0) is 23.4. The van der Waals surface area contributed by atoms with Crippen LogP contribution in [0.2, 0.25) is 0 Å². The number of ether oxygens (including phenoxy) is 2. The van der Waals surface area contributed by atoms with Gasteiger partial charge in [-0.15, -0.1) is 0 Å². The van der Waals surface area contributed by atoms with Gasteiger partial charge in [0.25, 0.3) is 5.91 Å². The number of aromatic nitrogens is 3. The Labute approximate surface area is 193 Å². The highest BCUT2D eigenvalue weighted by atomic mass is 16.5. The van der Waals surface area contributed by atoms with E-state index in [9.17, 15) is 9.90 Å². The fourth-order valence-corrected chi connectivity index (χ4v) is 4.03. The highest BCUT2D eigenvalue weighted by Gasteiger charge is 2.22. The minimum Gasteiger partial charge on any atom is -0.508 e. The largest absolute Gasteiger partial charge is 0.508 e. The summed E-state index contributed by atoms with van der Waals surface area (Å²) >= 11 is 0. The van der Waals surface area contributed by atoms with E-state index in [1.54, 1.807) is 48.6 Å². The first-order chi connectivity index (χ1) is 16.0. The van der Waals surface area contributed by atoms with Crippen molar-refractivity contribution < 1.29 is 19.4 Å². The molecule has 174 valence electrons. The maximum absolute atomic E-state index is 11.8. The van der Waals surface area contributed by atoms with Gasteiger partial charge in [-0.3, -0.25) is 4.79 Å². The van der Waals surface area contributed by atoms with Crippen molar-refractivity contribution in [3.8, 4) is 17.4 Å². The zero-order valence-corrected chi connectivity index (χ0v) is 19.2. The third-order valence-electron chi connectivity index (χ3n) is 5.76. The van der Waals surface area contributed by atoms with Gasteiger partial charge in [-0.25, -0.2) is 9.97 Å². The topological polar surface area (TPSA) is 93.0 Å². The molecule has 1 saturated heterocycles. The standard InChI is InChI=1S/C15H16N2O3.C9H13N3O/c1-10-7-11(9-16-15(10)19-2)17-5-6-20-14-4-3-12(18)8-13(14)17;1-11-7-10-6-8(11)9(13)12-4-2-3-5-12/h3-4,7-9,18H,5-6H2,1-2H3;6-7H,2-5H2,1H3. The Morgan fingerprint density at radius 3 is 2.61 bits per heavy atom. The number of amides is 1. The first-order valence-electron chi connectivity index (χ1n) is 11.0. The van der Waals surface area contributed by atoms with Gasteiger partial charge < -0.3 is 28.9 Å². The number of phenolic OH excluding ortho intramolecular Hbond substituents is 1. The molecule has 2 aliphatic heterocycles. The Bertz CT molecular complexity index is 1120. The molecule has 2 aliphatic rings. The van der Waals surface area contributed by atoms with E-state index in [1.807, 2.05) is 24.9 Å². The number of anilines is 2. The molecule has 9 nitrogen and oxygen atoms in total. The molecule has 33 heavy (non-hydrogen) atoms. The second-order valence-electron chi connectivity index (χ2n) is 8.06. The fourth-order valence-electron chi connectivity index (χ4n) is 4.03. The molecule has 0 radical (unpaired) electrons. The molecule has 3 aromatic rings. The van der Waals surface area contributed by atoms with E-state index >= 15 is 0 Å². The average molecular weight is 452 g/mol. The van der Waals surface area contributed by atoms with Crippen LogP contribution in [0.15, 0.2) is 43.0 Å². The predicted octanol–water partition coefficient (Wildman–Crippen LogP) is 3.29. The van der Waals surface area contributed by atoms with Crippen LogP contribution in [0.25, 0.3) is 0 Å². The summed E-state index contributed by atoms with van der Waals surface area (Å²) in [6.45, 7) is 5.06. The Hall–Kier alpha value is -3.75. The number of aryl methyl sites for hydroxylation is 2. The van der Waals surface area contributed by atoms with Crippen LogP contribution in [0.4, 0.5) is 11.4 Å². The molecule has 4 heterocycles. The summed E-state index contributed by atoms with van der Waals surface area (Å²) in [4.78, 5) is 24.0. The maximum Gasteiger partial charge on any atom is 0.272 e. The number of carbonyl (C=O) groups excluding carboxylic acids is 1. The van der Waals surface area contributed by atoms with Gasteiger partial charge in [0.1, 0.15) is 23.8 Å². The predicted molar refractivity (Wildman–Crippen MR) is 124 cm³/mol. The van der Waals surface area contributed by atoms with Crippen LogP contribution < -0.4 is 14.4 Å². The molecule has 0 spiro atoms. The molecule has 1 amide bonds. The van der Waals surface area contributed by atoms with Gasteiger partial charge >= 0.3 is 0 Å². The van der Waals surface area contributed by atoms with Gasteiger partial charge in [0.15, 0.2) is 0 Å². The fraction of sp³-hybridized carbons (Fsp3) is 0.375. The van der Waals surface area contributed by atoms with Crippen molar-refractivity contribution in [2.75, 3.05) is 38.3 Å². The van der Waals surface area contributed by atoms with Gasteiger partial charge in [-0.2, -0.15) is 0 Å². The third kappa shape index (κ3) is 4.87. The smallest absolute Gasteiger partial charge is 0.272 e. The van der Waals surface area contributed by atoms with Crippen molar-refractivity contribution in [3.63, 3.8) is 0 Å². The lowest BCUT2D eigenvalue weighted by atomic mass is 10.2. The van der Waals surface area contributed by atoms with Crippen LogP contribution in [-0.4, -0.2) is 63.8 Å². The Kier molecular flexibility index (Phi) is 6.67. The minimum absolute atomic E-state index is 0.109. The quantitative estimate of drug-likeness (QED) is 0.653. The number of rotatable bonds is 3. The summed E-state index contributed by atoms with van der Waals surface area (Å²) < 4.78 is 12.6. The van der Waals surface area contributed by atoms with E-state index in [1.165, 1.54) is 0 Å². The van der Waals surface area contributed by atoms with Crippen LogP contribution in [0.5, 0.6) is 17.4 Å². The second-order valence-corrected chi connectivity index (χ2v) is 8.06. The molecular weight excluding hydrogens is 422 g/mol. The summed E-state index contributed by atoms with van der Waals surface area (Å²) in [6, 6.07) is 7.12. The maximum atomic E-state index is 11.8. The molecule has 0 bridgehead atoms. The van der Waals surface area contributed by atoms with E-state index in [0.29, 0.717) is 24.7 Å². The molecule has 5 rings (SSSR count). The summed E-state index contributed by atoms with van der Waals surface area (Å²) in [7, 11) is 3.45.